The number of nitrogens with zero attached hydrogens (tertiary/aromatic N) is 1. The number of hydrogen-bond donors (Lipinski definition) is 2. The third kappa shape index (κ3) is 6.94. The molecular weight excluding hydrogens is 402 g/mol. The number of carbonyl (C=O) groups is 2. The number of thioether (sulfide) groups is 1. The molecule has 8 nitrogen and oxygen atoms in total. The van der Waals surface area contributed by atoms with E-state index >= 15 is 0 Å². The van der Waals surface area contributed by atoms with Crippen LogP contribution in [0, 0.1) is 11.3 Å². The van der Waals surface area contributed by atoms with Gasteiger partial charge in [0.05, 0.1) is 29.3 Å². The van der Waals surface area contributed by atoms with Gasteiger partial charge in [-0.2, -0.15) is 5.26 Å². The minimum Gasteiger partial charge on any atom is -0.452 e. The second-order valence-corrected chi connectivity index (χ2v) is 8.29. The molecule has 0 atom stereocenters. The molecule has 0 unspecified atom stereocenters. The fraction of sp³-hybridized carbons (Fsp3) is 0.167. The van der Waals surface area contributed by atoms with Crippen LogP contribution in [0.5, 0.6) is 0 Å². The molecule has 0 aliphatic rings. The summed E-state index contributed by atoms with van der Waals surface area (Å²) in [5.74, 6) is -1.07. The van der Waals surface area contributed by atoms with E-state index in [1.54, 1.807) is 24.3 Å². The first-order valence-corrected chi connectivity index (χ1v) is 10.8. The lowest BCUT2D eigenvalue weighted by atomic mass is 10.2. The molecule has 2 aromatic carbocycles. The molecule has 0 aliphatic carbocycles. The molecule has 0 saturated carbocycles. The minimum absolute atomic E-state index is 0.103. The van der Waals surface area contributed by atoms with Crippen molar-refractivity contribution < 1.29 is 22.7 Å². The Balaban J connectivity index is 1.96. The van der Waals surface area contributed by atoms with E-state index in [-0.39, 0.29) is 17.0 Å². The fourth-order valence-electron chi connectivity index (χ4n) is 2.13. The molecule has 0 radical (unpaired) electrons. The molecule has 146 valence electrons. The topological polar surface area (TPSA) is 125 Å². The molecule has 0 spiro atoms. The van der Waals surface area contributed by atoms with Crippen LogP contribution in [0.1, 0.15) is 10.4 Å². The maximum Gasteiger partial charge on any atom is 0.338 e. The van der Waals surface area contributed by atoms with Crippen molar-refractivity contribution in [1.82, 2.24) is 0 Å². The summed E-state index contributed by atoms with van der Waals surface area (Å²) in [6, 6.07) is 14.7. The van der Waals surface area contributed by atoms with Crippen molar-refractivity contribution in [3.05, 3.63) is 54.1 Å². The summed E-state index contributed by atoms with van der Waals surface area (Å²) in [5.41, 5.74) is 0.833. The first-order chi connectivity index (χ1) is 13.3. The van der Waals surface area contributed by atoms with E-state index in [1.807, 2.05) is 6.07 Å². The summed E-state index contributed by atoms with van der Waals surface area (Å²) < 4.78 is 29.8. The number of hydrogen-bond acceptors (Lipinski definition) is 7. The van der Waals surface area contributed by atoms with Crippen LogP contribution in [0.4, 0.5) is 11.4 Å². The highest BCUT2D eigenvalue weighted by Crippen LogP contribution is 2.26. The Morgan fingerprint density at radius 2 is 1.93 bits per heavy atom. The Morgan fingerprint density at radius 1 is 1.18 bits per heavy atom. The third-order valence-corrected chi connectivity index (χ3v) is 4.74. The minimum atomic E-state index is -3.48. The van der Waals surface area contributed by atoms with Crippen molar-refractivity contribution in [1.29, 1.82) is 5.26 Å². The van der Waals surface area contributed by atoms with Gasteiger partial charge in [0.1, 0.15) is 0 Å². The van der Waals surface area contributed by atoms with Crippen LogP contribution in [0.25, 0.3) is 0 Å². The van der Waals surface area contributed by atoms with Gasteiger partial charge in [0.2, 0.25) is 10.0 Å². The highest BCUT2D eigenvalue weighted by Gasteiger charge is 2.13. The number of esters is 1. The maximum absolute atomic E-state index is 12.1. The smallest absolute Gasteiger partial charge is 0.338 e. The number of para-hydroxylation sites is 1. The Hall–Kier alpha value is -3.03. The largest absolute Gasteiger partial charge is 0.452 e. The van der Waals surface area contributed by atoms with Crippen LogP contribution < -0.4 is 10.0 Å². The zero-order chi connectivity index (χ0) is 20.6. The number of rotatable bonds is 8. The van der Waals surface area contributed by atoms with Crippen LogP contribution >= 0.6 is 11.8 Å². The lowest BCUT2D eigenvalue weighted by Crippen LogP contribution is -2.21. The van der Waals surface area contributed by atoms with E-state index in [0.717, 1.165) is 11.2 Å². The molecule has 0 aromatic heterocycles. The first-order valence-electron chi connectivity index (χ1n) is 7.92. The number of anilines is 2. The van der Waals surface area contributed by atoms with Crippen LogP contribution in [-0.4, -0.2) is 38.9 Å². The molecule has 0 fully saturated rings. The van der Waals surface area contributed by atoms with Gasteiger partial charge in [-0.3, -0.25) is 9.52 Å². The predicted molar refractivity (Wildman–Crippen MR) is 107 cm³/mol. The number of benzene rings is 2. The Bertz CT molecular complexity index is 1020. The van der Waals surface area contributed by atoms with Gasteiger partial charge in [-0.1, -0.05) is 18.2 Å². The summed E-state index contributed by atoms with van der Waals surface area (Å²) in [6.07, 6.45) is 0.995. The van der Waals surface area contributed by atoms with Crippen LogP contribution in [-0.2, 0) is 19.6 Å². The normalized spacial score (nSPS) is 10.6. The summed E-state index contributed by atoms with van der Waals surface area (Å²) in [6.45, 7) is -0.514. The van der Waals surface area contributed by atoms with Gasteiger partial charge in [0, 0.05) is 10.6 Å². The molecule has 1 amide bonds. The Morgan fingerprint density at radius 3 is 2.64 bits per heavy atom. The average molecular weight is 419 g/mol. The van der Waals surface area contributed by atoms with Crippen molar-refractivity contribution in [3.8, 4) is 6.07 Å². The number of amides is 1. The second kappa shape index (κ2) is 9.77. The van der Waals surface area contributed by atoms with E-state index in [9.17, 15) is 18.0 Å². The predicted octanol–water partition coefficient (Wildman–Crippen LogP) is 2.47. The average Bonchev–Trinajstić information content (AvgIpc) is 2.64. The highest BCUT2D eigenvalue weighted by molar-refractivity contribution is 7.99. The van der Waals surface area contributed by atoms with Crippen LogP contribution in [0.2, 0.25) is 0 Å². The van der Waals surface area contributed by atoms with E-state index in [1.165, 1.54) is 36.0 Å². The molecule has 28 heavy (non-hydrogen) atoms. The maximum atomic E-state index is 12.1. The molecular formula is C18H17N3O5S2. The summed E-state index contributed by atoms with van der Waals surface area (Å²) in [7, 11) is -3.48. The number of nitriles is 1. The number of ether oxygens (including phenoxy) is 1. The zero-order valence-corrected chi connectivity index (χ0v) is 16.5. The fourth-order valence-corrected chi connectivity index (χ4v) is 3.35. The Labute approximate surface area is 166 Å². The van der Waals surface area contributed by atoms with E-state index in [2.05, 4.69) is 10.0 Å². The van der Waals surface area contributed by atoms with E-state index < -0.39 is 28.5 Å². The highest BCUT2D eigenvalue weighted by atomic mass is 32.2. The van der Waals surface area contributed by atoms with Crippen molar-refractivity contribution in [2.45, 2.75) is 4.90 Å². The van der Waals surface area contributed by atoms with Crippen molar-refractivity contribution >= 4 is 45.0 Å². The summed E-state index contributed by atoms with van der Waals surface area (Å²) in [4.78, 5) is 24.9. The lowest BCUT2D eigenvalue weighted by Gasteiger charge is -2.10. The lowest BCUT2D eigenvalue weighted by molar-refractivity contribution is -0.119. The van der Waals surface area contributed by atoms with Gasteiger partial charge >= 0.3 is 5.97 Å². The molecule has 2 aromatic rings. The quantitative estimate of drug-likeness (QED) is 0.497. The zero-order valence-electron chi connectivity index (χ0n) is 14.8. The molecule has 2 rings (SSSR count). The van der Waals surface area contributed by atoms with Crippen molar-refractivity contribution in [2.75, 3.05) is 28.7 Å². The standard InChI is InChI=1S/C18H17N3O5S2/c1-28(24,25)21-14-6-4-5-13(11-14)18(23)26-12-17(22)20-15-7-2-3-8-16(15)27-10-9-19/h2-8,11,21H,10,12H2,1H3,(H,20,22). The number of carbonyl (C=O) groups excluding carboxylic acids is 2. The number of sulfonamides is 1. The van der Waals surface area contributed by atoms with Crippen molar-refractivity contribution in [3.63, 3.8) is 0 Å². The van der Waals surface area contributed by atoms with Gasteiger partial charge in [-0.15, -0.1) is 11.8 Å². The van der Waals surface area contributed by atoms with Crippen LogP contribution in [0.15, 0.2) is 53.4 Å². The summed E-state index contributed by atoms with van der Waals surface area (Å²) in [5, 5.41) is 11.3. The van der Waals surface area contributed by atoms with Crippen molar-refractivity contribution in [2.24, 2.45) is 0 Å². The molecule has 0 heterocycles. The number of nitrogens with one attached hydrogen (secondary N) is 2. The molecule has 0 saturated heterocycles. The monoisotopic (exact) mass is 419 g/mol. The van der Waals surface area contributed by atoms with Gasteiger partial charge in [-0.05, 0) is 30.3 Å². The summed E-state index contributed by atoms with van der Waals surface area (Å²) >= 11 is 1.28. The van der Waals surface area contributed by atoms with Gasteiger partial charge in [-0.25, -0.2) is 13.2 Å². The molecule has 10 heteroatoms. The third-order valence-electron chi connectivity index (χ3n) is 3.19. The van der Waals surface area contributed by atoms with Crippen LogP contribution in [0.3, 0.4) is 0 Å². The molecule has 0 aliphatic heterocycles. The van der Waals surface area contributed by atoms with E-state index in [0.29, 0.717) is 5.69 Å². The van der Waals surface area contributed by atoms with Gasteiger partial charge in [0.25, 0.3) is 5.91 Å². The molecule has 2 N–H and O–H groups in total. The first kappa shape index (κ1) is 21.3. The SMILES string of the molecule is CS(=O)(=O)Nc1cccc(C(=O)OCC(=O)Nc2ccccc2SCC#N)c1. The van der Waals surface area contributed by atoms with Gasteiger partial charge in [0.15, 0.2) is 6.61 Å². The molecule has 0 bridgehead atoms. The second-order valence-electron chi connectivity index (χ2n) is 5.52. The van der Waals surface area contributed by atoms with E-state index in [4.69, 9.17) is 10.00 Å². The van der Waals surface area contributed by atoms with Gasteiger partial charge < -0.3 is 10.1 Å². The Kier molecular flexibility index (Phi) is 7.43.